The molecule has 0 radical (unpaired) electrons. The Morgan fingerprint density at radius 2 is 1.90 bits per heavy atom. The number of rotatable bonds is 5. The molecular weight excluding hydrogens is 432 g/mol. The summed E-state index contributed by atoms with van der Waals surface area (Å²) in [4.78, 5) is 6.77. The summed E-state index contributed by atoms with van der Waals surface area (Å²) in [5.41, 5.74) is 1.88. The standard InChI is InChI=1S/C20H21ClN2O4S2/c1-26-15-7-8-19(27-2)17(9-15)23-18-12-29(24,25)11-16(18)22-20(23)28-10-13-3-5-14(21)6-4-13/h3-9,16,18H,10-12H2,1-2H3/t16-,18-/m0/s1. The average Bonchev–Trinajstić information content (AvgIpc) is 3.17. The van der Waals surface area contributed by atoms with Crippen molar-refractivity contribution in [3.05, 3.63) is 53.1 Å². The first-order valence-electron chi connectivity index (χ1n) is 9.07. The summed E-state index contributed by atoms with van der Waals surface area (Å²) < 4.78 is 35.4. The first-order chi connectivity index (χ1) is 13.9. The molecule has 2 aliphatic rings. The Bertz CT molecular complexity index is 1040. The Morgan fingerprint density at radius 3 is 2.59 bits per heavy atom. The van der Waals surface area contributed by atoms with Crippen LogP contribution in [0.3, 0.4) is 0 Å². The molecule has 1 saturated heterocycles. The highest BCUT2D eigenvalue weighted by atomic mass is 35.5. The fourth-order valence-corrected chi connectivity index (χ4v) is 6.67. The zero-order valence-electron chi connectivity index (χ0n) is 16.0. The Kier molecular flexibility index (Phi) is 5.68. The quantitative estimate of drug-likeness (QED) is 0.690. The number of sulfone groups is 1. The van der Waals surface area contributed by atoms with Crippen LogP contribution in [-0.2, 0) is 15.6 Å². The number of ether oxygens (including phenoxy) is 2. The van der Waals surface area contributed by atoms with Gasteiger partial charge in [-0.15, -0.1) is 0 Å². The van der Waals surface area contributed by atoms with Gasteiger partial charge >= 0.3 is 0 Å². The molecule has 0 saturated carbocycles. The van der Waals surface area contributed by atoms with Crippen LogP contribution in [0.5, 0.6) is 11.5 Å². The van der Waals surface area contributed by atoms with Crippen molar-refractivity contribution in [2.24, 2.45) is 4.99 Å². The van der Waals surface area contributed by atoms with Crippen molar-refractivity contribution in [1.82, 2.24) is 0 Å². The minimum Gasteiger partial charge on any atom is -0.497 e. The molecule has 2 aromatic carbocycles. The maximum absolute atomic E-state index is 12.2. The fraction of sp³-hybridized carbons (Fsp3) is 0.350. The van der Waals surface area contributed by atoms with Crippen molar-refractivity contribution in [3.8, 4) is 11.5 Å². The Balaban J connectivity index is 1.68. The number of halogens is 1. The Hall–Kier alpha value is -1.90. The number of hydrogen-bond donors (Lipinski definition) is 0. The lowest BCUT2D eigenvalue weighted by molar-refractivity contribution is 0.403. The third kappa shape index (κ3) is 4.20. The van der Waals surface area contributed by atoms with Gasteiger partial charge in [-0.05, 0) is 29.8 Å². The smallest absolute Gasteiger partial charge is 0.164 e. The lowest BCUT2D eigenvalue weighted by atomic mass is 10.1. The van der Waals surface area contributed by atoms with Gasteiger partial charge in [0.25, 0.3) is 0 Å². The molecule has 0 amide bonds. The average molecular weight is 453 g/mol. The third-order valence-corrected chi connectivity index (χ3v) is 8.02. The van der Waals surface area contributed by atoms with Gasteiger partial charge in [-0.2, -0.15) is 0 Å². The molecule has 0 unspecified atom stereocenters. The van der Waals surface area contributed by atoms with Crippen LogP contribution >= 0.6 is 23.4 Å². The van der Waals surface area contributed by atoms with Crippen molar-refractivity contribution in [2.75, 3.05) is 30.6 Å². The minimum atomic E-state index is -3.12. The second-order valence-electron chi connectivity index (χ2n) is 6.95. The van der Waals surface area contributed by atoms with Crippen LogP contribution in [0.2, 0.25) is 5.02 Å². The first kappa shape index (κ1) is 20.4. The normalized spacial score (nSPS) is 22.3. The van der Waals surface area contributed by atoms with Crippen molar-refractivity contribution in [2.45, 2.75) is 17.8 Å². The molecule has 0 N–H and O–H groups in total. The van der Waals surface area contributed by atoms with E-state index >= 15 is 0 Å². The molecule has 2 aromatic rings. The summed E-state index contributed by atoms with van der Waals surface area (Å²) in [6.45, 7) is 0. The number of fused-ring (bicyclic) bond motifs is 1. The number of methoxy groups -OCH3 is 2. The number of nitrogens with zero attached hydrogens (tertiary/aromatic N) is 2. The van der Waals surface area contributed by atoms with E-state index in [1.165, 1.54) is 0 Å². The summed E-state index contributed by atoms with van der Waals surface area (Å²) in [6.07, 6.45) is 0. The van der Waals surface area contributed by atoms with Gasteiger partial charge in [0.15, 0.2) is 15.0 Å². The second kappa shape index (κ2) is 8.08. The van der Waals surface area contributed by atoms with Gasteiger partial charge < -0.3 is 14.4 Å². The summed E-state index contributed by atoms with van der Waals surface area (Å²) in [5.74, 6) is 2.17. The van der Waals surface area contributed by atoms with E-state index in [1.807, 2.05) is 47.4 Å². The maximum atomic E-state index is 12.2. The van der Waals surface area contributed by atoms with Crippen LogP contribution in [-0.4, -0.2) is 51.4 Å². The topological polar surface area (TPSA) is 68.2 Å². The van der Waals surface area contributed by atoms with Gasteiger partial charge in [-0.3, -0.25) is 4.99 Å². The van der Waals surface area contributed by atoms with E-state index in [-0.39, 0.29) is 23.6 Å². The van der Waals surface area contributed by atoms with E-state index in [1.54, 1.807) is 26.0 Å². The highest BCUT2D eigenvalue weighted by Crippen LogP contribution is 2.41. The zero-order valence-corrected chi connectivity index (χ0v) is 18.4. The number of aliphatic imine (C=N–C) groups is 1. The summed E-state index contributed by atoms with van der Waals surface area (Å²) in [7, 11) is 0.0773. The summed E-state index contributed by atoms with van der Waals surface area (Å²) in [5, 5.41) is 1.48. The minimum absolute atomic E-state index is 0.0749. The van der Waals surface area contributed by atoms with E-state index in [2.05, 4.69) is 0 Å². The lowest BCUT2D eigenvalue weighted by Crippen LogP contribution is -2.39. The predicted octanol–water partition coefficient (Wildman–Crippen LogP) is 3.63. The van der Waals surface area contributed by atoms with Crippen molar-refractivity contribution >= 4 is 44.1 Å². The lowest BCUT2D eigenvalue weighted by Gasteiger charge is -2.28. The summed E-state index contributed by atoms with van der Waals surface area (Å²) in [6, 6.07) is 12.7. The molecular formula is C20H21ClN2O4S2. The van der Waals surface area contributed by atoms with Crippen LogP contribution in [0.4, 0.5) is 5.69 Å². The number of thioether (sulfide) groups is 1. The monoisotopic (exact) mass is 452 g/mol. The fourth-order valence-electron chi connectivity index (χ4n) is 3.63. The van der Waals surface area contributed by atoms with Crippen LogP contribution in [0.25, 0.3) is 0 Å². The van der Waals surface area contributed by atoms with E-state index < -0.39 is 9.84 Å². The molecule has 0 spiro atoms. The highest BCUT2D eigenvalue weighted by molar-refractivity contribution is 8.13. The molecule has 29 heavy (non-hydrogen) atoms. The van der Waals surface area contributed by atoms with Crippen molar-refractivity contribution in [1.29, 1.82) is 0 Å². The third-order valence-electron chi connectivity index (χ3n) is 5.03. The van der Waals surface area contributed by atoms with Gasteiger partial charge in [0.1, 0.15) is 11.5 Å². The van der Waals surface area contributed by atoms with E-state index in [0.717, 1.165) is 16.4 Å². The van der Waals surface area contributed by atoms with Gasteiger partial charge in [-0.1, -0.05) is 35.5 Å². The molecule has 9 heteroatoms. The zero-order chi connectivity index (χ0) is 20.6. The van der Waals surface area contributed by atoms with E-state index in [0.29, 0.717) is 22.3 Å². The SMILES string of the molecule is COc1ccc(OC)c(N2C(SCc3ccc(Cl)cc3)=N[C@H]3CS(=O)(=O)C[C@@H]32)c1. The molecule has 2 atom stereocenters. The van der Waals surface area contributed by atoms with Crippen LogP contribution in [0.1, 0.15) is 5.56 Å². The molecule has 154 valence electrons. The second-order valence-corrected chi connectivity index (χ2v) is 10.5. The molecule has 0 aromatic heterocycles. The highest BCUT2D eigenvalue weighted by Gasteiger charge is 2.47. The molecule has 4 rings (SSSR count). The molecule has 1 fully saturated rings. The van der Waals surface area contributed by atoms with Gasteiger partial charge in [0.05, 0.1) is 43.5 Å². The molecule has 0 aliphatic carbocycles. The predicted molar refractivity (Wildman–Crippen MR) is 118 cm³/mol. The maximum Gasteiger partial charge on any atom is 0.164 e. The van der Waals surface area contributed by atoms with Crippen LogP contribution in [0, 0.1) is 0 Å². The summed E-state index contributed by atoms with van der Waals surface area (Å²) >= 11 is 7.55. The van der Waals surface area contributed by atoms with E-state index in [4.69, 9.17) is 26.1 Å². The Morgan fingerprint density at radius 1 is 1.14 bits per heavy atom. The van der Waals surface area contributed by atoms with Gasteiger partial charge in [0.2, 0.25) is 0 Å². The van der Waals surface area contributed by atoms with Gasteiger partial charge in [-0.25, -0.2) is 8.42 Å². The number of amidine groups is 1. The van der Waals surface area contributed by atoms with Crippen molar-refractivity contribution in [3.63, 3.8) is 0 Å². The number of anilines is 1. The van der Waals surface area contributed by atoms with Gasteiger partial charge in [0, 0.05) is 16.8 Å². The molecule has 6 nitrogen and oxygen atoms in total. The van der Waals surface area contributed by atoms with E-state index in [9.17, 15) is 8.42 Å². The van der Waals surface area contributed by atoms with Crippen LogP contribution < -0.4 is 14.4 Å². The van der Waals surface area contributed by atoms with Crippen LogP contribution in [0.15, 0.2) is 47.5 Å². The Labute approximate surface area is 179 Å². The number of hydrogen-bond acceptors (Lipinski definition) is 7. The number of benzene rings is 2. The molecule has 2 heterocycles. The molecule has 2 aliphatic heterocycles. The largest absolute Gasteiger partial charge is 0.497 e. The molecule has 0 bridgehead atoms. The van der Waals surface area contributed by atoms with Crippen molar-refractivity contribution < 1.29 is 17.9 Å². The first-order valence-corrected chi connectivity index (χ1v) is 12.3.